The summed E-state index contributed by atoms with van der Waals surface area (Å²) >= 11 is 0. The minimum Gasteiger partial charge on any atom is -0.378 e. The van der Waals surface area contributed by atoms with Crippen LogP contribution >= 0.6 is 0 Å². The highest BCUT2D eigenvalue weighted by Crippen LogP contribution is 2.37. The number of benzene rings is 2. The van der Waals surface area contributed by atoms with E-state index in [0.29, 0.717) is 69.5 Å². The summed E-state index contributed by atoms with van der Waals surface area (Å²) in [6.45, 7) is 4.30. The Morgan fingerprint density at radius 2 is 1.59 bits per heavy atom. The lowest BCUT2D eigenvalue weighted by Crippen LogP contribution is -2.38. The number of ether oxygens (including phenoxy) is 2. The summed E-state index contributed by atoms with van der Waals surface area (Å²) in [4.78, 5) is 28.3. The molecule has 176 valence electrons. The largest absolute Gasteiger partial charge is 0.378 e. The van der Waals surface area contributed by atoms with Crippen molar-refractivity contribution < 1.29 is 19.2 Å². The van der Waals surface area contributed by atoms with E-state index in [-0.39, 0.29) is 11.3 Å². The molecule has 2 aromatic carbocycles. The minimum absolute atomic E-state index is 0.0779. The lowest BCUT2D eigenvalue weighted by Gasteiger charge is -2.33. The normalized spacial score (nSPS) is 16.6. The maximum atomic E-state index is 12.8. The summed E-state index contributed by atoms with van der Waals surface area (Å²) in [5.41, 5.74) is 1.98. The van der Waals surface area contributed by atoms with E-state index in [1.807, 2.05) is 17.0 Å². The molecule has 0 spiro atoms. The van der Waals surface area contributed by atoms with Crippen molar-refractivity contribution in [3.05, 3.63) is 63.7 Å². The molecule has 0 aliphatic carbocycles. The molecule has 10 heteroatoms. The van der Waals surface area contributed by atoms with Crippen LogP contribution in [0.1, 0.15) is 5.56 Å². The Labute approximate surface area is 197 Å². The SMILES string of the molecule is N#C/C(=C/c1cc([N+](=O)[O-])c(N2CCOCC2)cc1N1CCOCC1)C(=O)Nc1ccccc1. The molecule has 0 unspecified atom stereocenters. The fraction of sp³-hybridized carbons (Fsp3) is 0.333. The Morgan fingerprint density at radius 3 is 2.15 bits per heavy atom. The molecule has 2 saturated heterocycles. The predicted molar refractivity (Wildman–Crippen MR) is 128 cm³/mol. The zero-order valence-electron chi connectivity index (χ0n) is 18.6. The maximum absolute atomic E-state index is 12.8. The number of carbonyl (C=O) groups excluding carboxylic acids is 1. The van der Waals surface area contributed by atoms with Crippen molar-refractivity contribution in [3.63, 3.8) is 0 Å². The van der Waals surface area contributed by atoms with Gasteiger partial charge in [0.25, 0.3) is 11.6 Å². The quantitative estimate of drug-likeness (QED) is 0.300. The van der Waals surface area contributed by atoms with Crippen molar-refractivity contribution in [2.24, 2.45) is 0 Å². The van der Waals surface area contributed by atoms with Gasteiger partial charge in [0.15, 0.2) is 0 Å². The molecule has 1 N–H and O–H groups in total. The van der Waals surface area contributed by atoms with Gasteiger partial charge in [0.05, 0.1) is 31.4 Å². The smallest absolute Gasteiger partial charge is 0.293 e. The number of nitrogens with one attached hydrogen (secondary N) is 1. The van der Waals surface area contributed by atoms with Crippen molar-refractivity contribution in [1.29, 1.82) is 5.26 Å². The third-order valence-corrected chi connectivity index (χ3v) is 5.72. The molecule has 2 heterocycles. The first-order valence-electron chi connectivity index (χ1n) is 11.0. The highest BCUT2D eigenvalue weighted by molar-refractivity contribution is 6.10. The molecule has 4 rings (SSSR count). The second-order valence-corrected chi connectivity index (χ2v) is 7.85. The number of para-hydroxylation sites is 1. The van der Waals surface area contributed by atoms with E-state index in [1.54, 1.807) is 30.3 Å². The standard InChI is InChI=1S/C24H25N5O5/c25-17-19(24(30)26-20-4-2-1-3-5-20)14-18-15-23(29(31)32)22(28-8-12-34-13-9-28)16-21(18)27-6-10-33-11-7-27/h1-5,14-16H,6-13H2,(H,26,30)/b19-14-. The van der Waals surface area contributed by atoms with E-state index in [2.05, 4.69) is 10.2 Å². The summed E-state index contributed by atoms with van der Waals surface area (Å²) in [6.07, 6.45) is 1.42. The van der Waals surface area contributed by atoms with E-state index in [1.165, 1.54) is 12.1 Å². The summed E-state index contributed by atoms with van der Waals surface area (Å²) in [5, 5.41) is 24.4. The van der Waals surface area contributed by atoms with Crippen LogP contribution in [-0.4, -0.2) is 63.4 Å². The molecular formula is C24H25N5O5. The molecule has 34 heavy (non-hydrogen) atoms. The van der Waals surface area contributed by atoms with E-state index < -0.39 is 10.8 Å². The molecule has 0 saturated carbocycles. The first-order chi connectivity index (χ1) is 16.6. The second-order valence-electron chi connectivity index (χ2n) is 7.85. The van der Waals surface area contributed by atoms with Gasteiger partial charge in [-0.2, -0.15) is 5.26 Å². The molecule has 0 bridgehead atoms. The van der Waals surface area contributed by atoms with Crippen molar-refractivity contribution >= 4 is 34.7 Å². The van der Waals surface area contributed by atoms with Crippen LogP contribution in [0, 0.1) is 21.4 Å². The highest BCUT2D eigenvalue weighted by atomic mass is 16.6. The number of nitro groups is 1. The highest BCUT2D eigenvalue weighted by Gasteiger charge is 2.26. The van der Waals surface area contributed by atoms with E-state index in [0.717, 1.165) is 5.69 Å². The first kappa shape index (κ1) is 23.2. The number of nitriles is 1. The fourth-order valence-corrected chi connectivity index (χ4v) is 4.00. The van der Waals surface area contributed by atoms with Crippen LogP contribution in [0.15, 0.2) is 48.0 Å². The van der Waals surface area contributed by atoms with E-state index in [9.17, 15) is 20.2 Å². The minimum atomic E-state index is -0.582. The maximum Gasteiger partial charge on any atom is 0.293 e. The number of hydrogen-bond acceptors (Lipinski definition) is 8. The molecule has 2 aliphatic rings. The van der Waals surface area contributed by atoms with Crippen LogP contribution in [0.3, 0.4) is 0 Å². The Hall–Kier alpha value is -3.94. The number of anilines is 3. The third-order valence-electron chi connectivity index (χ3n) is 5.72. The average Bonchev–Trinajstić information content (AvgIpc) is 2.88. The number of nitro benzene ring substituents is 1. The summed E-state index contributed by atoms with van der Waals surface area (Å²) in [6, 6.07) is 14.0. The topological polar surface area (TPSA) is 121 Å². The van der Waals surface area contributed by atoms with Crippen molar-refractivity contribution in [2.75, 3.05) is 67.7 Å². The molecule has 2 fully saturated rings. The Balaban J connectivity index is 1.77. The van der Waals surface area contributed by atoms with Crippen LogP contribution in [-0.2, 0) is 14.3 Å². The molecule has 0 aromatic heterocycles. The Kier molecular flexibility index (Phi) is 7.37. The number of rotatable bonds is 6. The van der Waals surface area contributed by atoms with Gasteiger partial charge in [0.2, 0.25) is 0 Å². The summed E-state index contributed by atoms with van der Waals surface area (Å²) in [7, 11) is 0. The fourth-order valence-electron chi connectivity index (χ4n) is 4.00. The monoisotopic (exact) mass is 463 g/mol. The zero-order chi connectivity index (χ0) is 23.9. The molecule has 1 amide bonds. The zero-order valence-corrected chi connectivity index (χ0v) is 18.6. The van der Waals surface area contributed by atoms with E-state index >= 15 is 0 Å². The molecule has 0 atom stereocenters. The molecule has 0 radical (unpaired) electrons. The van der Waals surface area contributed by atoms with Crippen molar-refractivity contribution in [3.8, 4) is 6.07 Å². The van der Waals surface area contributed by atoms with Gasteiger partial charge in [-0.05, 0) is 24.3 Å². The van der Waals surface area contributed by atoms with Gasteiger partial charge in [-0.1, -0.05) is 18.2 Å². The number of amides is 1. The number of carbonyl (C=O) groups is 1. The Bertz CT molecular complexity index is 1120. The number of nitrogens with zero attached hydrogens (tertiary/aromatic N) is 4. The molecule has 2 aromatic rings. The van der Waals surface area contributed by atoms with Crippen LogP contribution in [0.5, 0.6) is 0 Å². The lowest BCUT2D eigenvalue weighted by molar-refractivity contribution is -0.384. The van der Waals surface area contributed by atoms with E-state index in [4.69, 9.17) is 9.47 Å². The van der Waals surface area contributed by atoms with Gasteiger partial charge in [0.1, 0.15) is 17.3 Å². The predicted octanol–water partition coefficient (Wildman–Crippen LogP) is 2.81. The Morgan fingerprint density at radius 1 is 1.00 bits per heavy atom. The number of morpholine rings is 2. The molecule has 2 aliphatic heterocycles. The average molecular weight is 463 g/mol. The van der Waals surface area contributed by atoms with Crippen LogP contribution in [0.4, 0.5) is 22.7 Å². The third kappa shape index (κ3) is 5.33. The molecule has 10 nitrogen and oxygen atoms in total. The first-order valence-corrected chi connectivity index (χ1v) is 11.0. The van der Waals surface area contributed by atoms with Gasteiger partial charge in [-0.3, -0.25) is 14.9 Å². The summed E-state index contributed by atoms with van der Waals surface area (Å²) in [5.74, 6) is -0.582. The van der Waals surface area contributed by atoms with Gasteiger partial charge in [-0.15, -0.1) is 0 Å². The van der Waals surface area contributed by atoms with Gasteiger partial charge >= 0.3 is 0 Å². The van der Waals surface area contributed by atoms with Crippen molar-refractivity contribution in [2.45, 2.75) is 0 Å². The van der Waals surface area contributed by atoms with Crippen LogP contribution in [0.25, 0.3) is 6.08 Å². The van der Waals surface area contributed by atoms with Gasteiger partial charge in [-0.25, -0.2) is 0 Å². The van der Waals surface area contributed by atoms with Gasteiger partial charge in [0, 0.05) is 49.2 Å². The van der Waals surface area contributed by atoms with Crippen LogP contribution < -0.4 is 15.1 Å². The lowest BCUT2D eigenvalue weighted by atomic mass is 10.0. The molecular weight excluding hydrogens is 438 g/mol. The second kappa shape index (κ2) is 10.8. The van der Waals surface area contributed by atoms with Crippen molar-refractivity contribution in [1.82, 2.24) is 0 Å². The van der Waals surface area contributed by atoms with Gasteiger partial charge < -0.3 is 24.6 Å². The summed E-state index contributed by atoms with van der Waals surface area (Å²) < 4.78 is 10.9. The number of hydrogen-bond donors (Lipinski definition) is 1. The van der Waals surface area contributed by atoms with Crippen LogP contribution in [0.2, 0.25) is 0 Å².